The molecule has 0 saturated carbocycles. The van der Waals surface area contributed by atoms with Crippen molar-refractivity contribution in [3.63, 3.8) is 0 Å². The number of hydrogen-bond acceptors (Lipinski definition) is 7. The fraction of sp³-hybridized carbons (Fsp3) is 0.400. The Morgan fingerprint density at radius 1 is 1.34 bits per heavy atom. The minimum atomic E-state index is -0.298. The molecular weight excluding hydrogens is 370 g/mol. The molecule has 1 amide bonds. The van der Waals surface area contributed by atoms with E-state index in [0.717, 1.165) is 36.7 Å². The van der Waals surface area contributed by atoms with Crippen molar-refractivity contribution < 1.29 is 9.53 Å². The van der Waals surface area contributed by atoms with Crippen LogP contribution in [0.15, 0.2) is 30.5 Å². The average molecular weight is 395 g/mol. The first-order valence-corrected chi connectivity index (χ1v) is 9.79. The zero-order valence-electron chi connectivity index (χ0n) is 16.8. The van der Waals surface area contributed by atoms with E-state index in [-0.39, 0.29) is 5.91 Å². The largest absolute Gasteiger partial charge is 0.491 e. The van der Waals surface area contributed by atoms with Gasteiger partial charge in [-0.1, -0.05) is 0 Å². The Labute approximate surface area is 169 Å². The predicted octanol–water partition coefficient (Wildman–Crippen LogP) is 1.88. The van der Waals surface area contributed by atoms with Gasteiger partial charge in [-0.3, -0.25) is 4.79 Å². The third-order valence-corrected chi connectivity index (χ3v) is 4.81. The van der Waals surface area contributed by atoms with Crippen molar-refractivity contribution in [3.8, 4) is 5.75 Å². The lowest BCUT2D eigenvalue weighted by Gasteiger charge is -2.32. The zero-order chi connectivity index (χ0) is 20.4. The maximum Gasteiger partial charge on any atom is 0.260 e. The number of carbonyl (C=O) groups excluding carboxylic acids is 1. The molecule has 0 radical (unpaired) electrons. The summed E-state index contributed by atoms with van der Waals surface area (Å²) in [6, 6.07) is 7.74. The van der Waals surface area contributed by atoms with Gasteiger partial charge in [0.15, 0.2) is 11.6 Å². The van der Waals surface area contributed by atoms with Gasteiger partial charge in [0.05, 0.1) is 29.6 Å². The number of piperazine rings is 1. The molecule has 9 heteroatoms. The molecule has 1 saturated heterocycles. The maximum absolute atomic E-state index is 12.9. The molecule has 0 aromatic carbocycles. The molecule has 1 aliphatic heterocycles. The van der Waals surface area contributed by atoms with Crippen LogP contribution in [0.3, 0.4) is 0 Å². The molecule has 3 aromatic heterocycles. The highest BCUT2D eigenvalue weighted by molar-refractivity contribution is 6.06. The number of nitrogens with zero attached hydrogens (tertiary/aromatic N) is 5. The number of carbonyl (C=O) groups is 1. The summed E-state index contributed by atoms with van der Waals surface area (Å²) in [5, 5.41) is 19.1. The first kappa shape index (κ1) is 19.1. The molecule has 4 heterocycles. The van der Waals surface area contributed by atoms with Crippen molar-refractivity contribution in [1.82, 2.24) is 25.1 Å². The van der Waals surface area contributed by atoms with Crippen molar-refractivity contribution >= 4 is 23.1 Å². The summed E-state index contributed by atoms with van der Waals surface area (Å²) < 4.78 is 7.36. The van der Waals surface area contributed by atoms with Crippen LogP contribution in [0.1, 0.15) is 29.9 Å². The minimum absolute atomic E-state index is 0.298. The number of nitrogens with one attached hydrogen (secondary N) is 2. The van der Waals surface area contributed by atoms with Crippen LogP contribution in [0.25, 0.3) is 5.52 Å². The Hall–Kier alpha value is -3.20. The lowest BCUT2D eigenvalue weighted by Crippen LogP contribution is -2.49. The second kappa shape index (κ2) is 8.04. The fourth-order valence-electron chi connectivity index (χ4n) is 3.48. The van der Waals surface area contributed by atoms with E-state index in [0.29, 0.717) is 29.8 Å². The number of rotatable bonds is 5. The van der Waals surface area contributed by atoms with Gasteiger partial charge in [0.2, 0.25) is 0 Å². The van der Waals surface area contributed by atoms with Crippen molar-refractivity contribution in [1.29, 1.82) is 0 Å². The summed E-state index contributed by atoms with van der Waals surface area (Å²) in [5.41, 5.74) is 2.13. The Bertz CT molecular complexity index is 1020. The van der Waals surface area contributed by atoms with Crippen LogP contribution in [0.2, 0.25) is 0 Å². The van der Waals surface area contributed by atoms with Crippen LogP contribution in [0.5, 0.6) is 5.75 Å². The minimum Gasteiger partial charge on any atom is -0.491 e. The summed E-state index contributed by atoms with van der Waals surface area (Å²) in [6.07, 6.45) is 1.72. The smallest absolute Gasteiger partial charge is 0.260 e. The van der Waals surface area contributed by atoms with Gasteiger partial charge in [-0.05, 0) is 45.0 Å². The number of fused-ring (bicyclic) bond motifs is 1. The molecule has 1 fully saturated rings. The number of ether oxygens (including phenoxy) is 1. The van der Waals surface area contributed by atoms with E-state index in [9.17, 15) is 4.79 Å². The van der Waals surface area contributed by atoms with Crippen LogP contribution in [-0.4, -0.2) is 58.0 Å². The highest BCUT2D eigenvalue weighted by Gasteiger charge is 2.19. The summed E-state index contributed by atoms with van der Waals surface area (Å²) in [6.45, 7) is 9.05. The molecule has 0 unspecified atom stereocenters. The molecule has 9 nitrogen and oxygen atoms in total. The van der Waals surface area contributed by atoms with Crippen molar-refractivity contribution in [2.24, 2.45) is 0 Å². The van der Waals surface area contributed by atoms with Gasteiger partial charge >= 0.3 is 0 Å². The molecule has 152 valence electrons. The summed E-state index contributed by atoms with van der Waals surface area (Å²) in [4.78, 5) is 15.1. The van der Waals surface area contributed by atoms with Crippen LogP contribution in [0, 0.1) is 6.92 Å². The lowest BCUT2D eigenvalue weighted by atomic mass is 10.2. The van der Waals surface area contributed by atoms with E-state index in [1.807, 2.05) is 26.0 Å². The van der Waals surface area contributed by atoms with Crippen LogP contribution >= 0.6 is 0 Å². The molecule has 1 aliphatic rings. The Kier molecular flexibility index (Phi) is 5.30. The molecular formula is C20H25N7O2. The number of anilines is 2. The van der Waals surface area contributed by atoms with Gasteiger partial charge in [-0.2, -0.15) is 5.10 Å². The second-order valence-corrected chi connectivity index (χ2v) is 7.17. The van der Waals surface area contributed by atoms with Gasteiger partial charge in [0, 0.05) is 25.7 Å². The summed E-state index contributed by atoms with van der Waals surface area (Å²) in [5.74, 6) is 1.38. The van der Waals surface area contributed by atoms with Crippen molar-refractivity contribution in [2.75, 3.05) is 36.5 Å². The highest BCUT2D eigenvalue weighted by Crippen LogP contribution is 2.23. The SMILES string of the molecule is CCOc1cn2nc(C)cc2cc1C(=O)Nc1ccc(N2CCN[C@@H](C)C2)nn1. The Morgan fingerprint density at radius 3 is 2.93 bits per heavy atom. The second-order valence-electron chi connectivity index (χ2n) is 7.17. The number of pyridine rings is 1. The zero-order valence-corrected chi connectivity index (χ0v) is 16.8. The van der Waals surface area contributed by atoms with E-state index in [2.05, 4.69) is 37.8 Å². The van der Waals surface area contributed by atoms with Gasteiger partial charge < -0.3 is 20.3 Å². The number of aryl methyl sites for hydroxylation is 1. The monoisotopic (exact) mass is 395 g/mol. The van der Waals surface area contributed by atoms with Crippen molar-refractivity contribution in [2.45, 2.75) is 26.8 Å². The first-order chi connectivity index (χ1) is 14.0. The van der Waals surface area contributed by atoms with Gasteiger partial charge in [-0.25, -0.2) is 4.52 Å². The molecule has 0 bridgehead atoms. The molecule has 1 atom stereocenters. The first-order valence-electron chi connectivity index (χ1n) is 9.79. The van der Waals surface area contributed by atoms with E-state index in [1.54, 1.807) is 22.8 Å². The maximum atomic E-state index is 12.9. The fourth-order valence-corrected chi connectivity index (χ4v) is 3.48. The van der Waals surface area contributed by atoms with Gasteiger partial charge in [0.1, 0.15) is 5.75 Å². The molecule has 4 rings (SSSR count). The normalized spacial score (nSPS) is 16.8. The summed E-state index contributed by atoms with van der Waals surface area (Å²) >= 11 is 0. The quantitative estimate of drug-likeness (QED) is 0.681. The lowest BCUT2D eigenvalue weighted by molar-refractivity contribution is 0.102. The molecule has 29 heavy (non-hydrogen) atoms. The topological polar surface area (TPSA) is 96.7 Å². The number of hydrogen-bond donors (Lipinski definition) is 2. The van der Waals surface area contributed by atoms with Crippen LogP contribution in [-0.2, 0) is 0 Å². The Balaban J connectivity index is 1.53. The van der Waals surface area contributed by atoms with E-state index < -0.39 is 0 Å². The van der Waals surface area contributed by atoms with E-state index >= 15 is 0 Å². The molecule has 0 aliphatic carbocycles. The number of amides is 1. The van der Waals surface area contributed by atoms with Crippen LogP contribution in [0.4, 0.5) is 11.6 Å². The third-order valence-electron chi connectivity index (χ3n) is 4.81. The van der Waals surface area contributed by atoms with Gasteiger partial charge in [-0.15, -0.1) is 10.2 Å². The Morgan fingerprint density at radius 2 is 2.21 bits per heavy atom. The number of aromatic nitrogens is 4. The molecule has 3 aromatic rings. The predicted molar refractivity (Wildman–Crippen MR) is 111 cm³/mol. The van der Waals surface area contributed by atoms with Gasteiger partial charge in [0.25, 0.3) is 5.91 Å². The third kappa shape index (κ3) is 4.14. The standard InChI is InChI=1S/C20H25N7O2/c1-4-29-17-12-27-15(9-13(2)25-27)10-16(17)20(28)22-18-5-6-19(24-23-18)26-8-7-21-14(3)11-26/h5-6,9-10,12,14,21H,4,7-8,11H2,1-3H3,(H,22,23,28)/t14-/m0/s1. The van der Waals surface area contributed by atoms with E-state index in [4.69, 9.17) is 4.74 Å². The molecule has 0 spiro atoms. The average Bonchev–Trinajstić information content (AvgIpc) is 3.07. The summed E-state index contributed by atoms with van der Waals surface area (Å²) in [7, 11) is 0. The van der Waals surface area contributed by atoms with Crippen LogP contribution < -0.4 is 20.3 Å². The van der Waals surface area contributed by atoms with E-state index in [1.165, 1.54) is 0 Å². The highest BCUT2D eigenvalue weighted by atomic mass is 16.5. The molecule has 2 N–H and O–H groups in total. The van der Waals surface area contributed by atoms with Crippen molar-refractivity contribution in [3.05, 3.63) is 41.7 Å².